The molecule has 7 heteroatoms. The molecular formula is C21H20BrClN2O3. The van der Waals surface area contributed by atoms with Gasteiger partial charge in [-0.05, 0) is 55.3 Å². The zero-order chi connectivity index (χ0) is 20.7. The van der Waals surface area contributed by atoms with E-state index in [4.69, 9.17) is 21.1 Å². The maximum absolute atomic E-state index is 12.1. The first-order valence-corrected chi connectivity index (χ1v) is 9.68. The van der Waals surface area contributed by atoms with Crippen molar-refractivity contribution in [1.29, 1.82) is 5.26 Å². The van der Waals surface area contributed by atoms with Crippen LogP contribution in [-0.4, -0.2) is 19.1 Å². The molecule has 2 rings (SSSR count). The van der Waals surface area contributed by atoms with Gasteiger partial charge in [0.05, 0.1) is 7.11 Å². The molecule has 2 aromatic rings. The van der Waals surface area contributed by atoms with Crippen LogP contribution in [0.25, 0.3) is 6.08 Å². The predicted molar refractivity (Wildman–Crippen MR) is 113 cm³/mol. The average molecular weight is 464 g/mol. The van der Waals surface area contributed by atoms with E-state index in [0.717, 1.165) is 5.56 Å². The summed E-state index contributed by atoms with van der Waals surface area (Å²) in [7, 11) is 1.53. The van der Waals surface area contributed by atoms with Crippen LogP contribution in [0.4, 0.5) is 0 Å². The van der Waals surface area contributed by atoms with Gasteiger partial charge in [0.2, 0.25) is 0 Å². The molecular weight excluding hydrogens is 444 g/mol. The fraction of sp³-hybridized carbons (Fsp3) is 0.238. The molecule has 0 bridgehead atoms. The van der Waals surface area contributed by atoms with Crippen molar-refractivity contribution in [3.8, 4) is 17.6 Å². The van der Waals surface area contributed by atoms with Gasteiger partial charge in [-0.3, -0.25) is 4.79 Å². The van der Waals surface area contributed by atoms with Crippen molar-refractivity contribution >= 4 is 39.5 Å². The third kappa shape index (κ3) is 6.01. The van der Waals surface area contributed by atoms with Crippen molar-refractivity contribution in [2.75, 3.05) is 7.11 Å². The van der Waals surface area contributed by atoms with Crippen LogP contribution in [0.1, 0.15) is 25.0 Å². The van der Waals surface area contributed by atoms with E-state index in [9.17, 15) is 10.1 Å². The fourth-order valence-electron chi connectivity index (χ4n) is 2.32. The minimum absolute atomic E-state index is 0.00582. The van der Waals surface area contributed by atoms with Crippen LogP contribution in [0.15, 0.2) is 46.4 Å². The summed E-state index contributed by atoms with van der Waals surface area (Å²) in [4.78, 5) is 12.1. The van der Waals surface area contributed by atoms with Crippen LogP contribution in [0.3, 0.4) is 0 Å². The first-order valence-electron chi connectivity index (χ1n) is 8.51. The van der Waals surface area contributed by atoms with E-state index >= 15 is 0 Å². The van der Waals surface area contributed by atoms with Crippen molar-refractivity contribution in [2.45, 2.75) is 26.5 Å². The van der Waals surface area contributed by atoms with Crippen molar-refractivity contribution in [3.63, 3.8) is 0 Å². The summed E-state index contributed by atoms with van der Waals surface area (Å²) in [6.45, 7) is 4.01. The molecule has 0 radical (unpaired) electrons. The number of halogens is 2. The van der Waals surface area contributed by atoms with Crippen LogP contribution >= 0.6 is 27.5 Å². The summed E-state index contributed by atoms with van der Waals surface area (Å²) in [5.74, 6) is 0.600. The van der Waals surface area contributed by atoms with E-state index in [-0.39, 0.29) is 11.6 Å². The zero-order valence-electron chi connectivity index (χ0n) is 15.8. The second-order valence-corrected chi connectivity index (χ2v) is 7.53. The third-order valence-electron chi connectivity index (χ3n) is 3.68. The molecule has 0 aromatic heterocycles. The van der Waals surface area contributed by atoms with Crippen LogP contribution in [0.5, 0.6) is 11.5 Å². The lowest BCUT2D eigenvalue weighted by molar-refractivity contribution is -0.117. The lowest BCUT2D eigenvalue weighted by Gasteiger charge is -2.13. The Labute approximate surface area is 178 Å². The number of nitrogens with one attached hydrogen (secondary N) is 1. The number of amides is 1. The Morgan fingerprint density at radius 1 is 1.29 bits per heavy atom. The number of methoxy groups -OCH3 is 1. The minimum atomic E-state index is -0.425. The van der Waals surface area contributed by atoms with Gasteiger partial charge in [0, 0.05) is 15.5 Å². The lowest BCUT2D eigenvalue weighted by Crippen LogP contribution is -2.30. The number of benzene rings is 2. The number of hydrogen-bond donors (Lipinski definition) is 1. The maximum Gasteiger partial charge on any atom is 0.262 e. The van der Waals surface area contributed by atoms with Gasteiger partial charge in [0.25, 0.3) is 5.91 Å². The van der Waals surface area contributed by atoms with Crippen LogP contribution < -0.4 is 14.8 Å². The maximum atomic E-state index is 12.1. The molecule has 0 unspecified atom stereocenters. The number of hydrogen-bond acceptors (Lipinski definition) is 4. The van der Waals surface area contributed by atoms with Crippen LogP contribution in [0, 0.1) is 11.3 Å². The second kappa shape index (κ2) is 10.2. The minimum Gasteiger partial charge on any atom is -0.493 e. The molecule has 2 aromatic carbocycles. The number of nitriles is 1. The monoisotopic (exact) mass is 462 g/mol. The van der Waals surface area contributed by atoms with Gasteiger partial charge in [-0.1, -0.05) is 39.7 Å². The van der Waals surface area contributed by atoms with Crippen LogP contribution in [0.2, 0.25) is 5.02 Å². The summed E-state index contributed by atoms with van der Waals surface area (Å²) in [5.41, 5.74) is 1.60. The number of nitrogens with zero attached hydrogens (tertiary/aromatic N) is 1. The van der Waals surface area contributed by atoms with E-state index in [2.05, 4.69) is 21.2 Å². The van der Waals surface area contributed by atoms with Crippen molar-refractivity contribution in [1.82, 2.24) is 5.32 Å². The molecule has 0 spiro atoms. The summed E-state index contributed by atoms with van der Waals surface area (Å²) >= 11 is 9.36. The first-order chi connectivity index (χ1) is 13.3. The highest BCUT2D eigenvalue weighted by Crippen LogP contribution is 2.35. The Morgan fingerprint density at radius 3 is 2.54 bits per heavy atom. The number of ether oxygens (including phenoxy) is 2. The quantitative estimate of drug-likeness (QED) is 0.457. The van der Waals surface area contributed by atoms with Crippen molar-refractivity contribution < 1.29 is 14.3 Å². The van der Waals surface area contributed by atoms with Gasteiger partial charge < -0.3 is 14.8 Å². The van der Waals surface area contributed by atoms with Gasteiger partial charge in [-0.2, -0.15) is 5.26 Å². The van der Waals surface area contributed by atoms with Crippen molar-refractivity contribution in [3.05, 3.63) is 62.6 Å². The number of carbonyl (C=O) groups excluding carboxylic acids is 1. The van der Waals surface area contributed by atoms with E-state index in [1.807, 2.05) is 32.0 Å². The largest absolute Gasteiger partial charge is 0.493 e. The molecule has 0 heterocycles. The van der Waals surface area contributed by atoms with E-state index in [1.54, 1.807) is 24.3 Å². The highest BCUT2D eigenvalue weighted by atomic mass is 79.9. The molecule has 1 N–H and O–H groups in total. The van der Waals surface area contributed by atoms with Gasteiger partial charge >= 0.3 is 0 Å². The smallest absolute Gasteiger partial charge is 0.262 e. The highest BCUT2D eigenvalue weighted by Gasteiger charge is 2.14. The molecule has 1 amide bonds. The number of rotatable bonds is 7. The summed E-state index contributed by atoms with van der Waals surface area (Å²) in [6, 6.07) is 12.7. The molecule has 0 fully saturated rings. The molecule has 0 saturated heterocycles. The second-order valence-electron chi connectivity index (χ2n) is 6.24. The Hall–Kier alpha value is -2.49. The first kappa shape index (κ1) is 21.8. The summed E-state index contributed by atoms with van der Waals surface area (Å²) in [5, 5.41) is 12.7. The normalized spacial score (nSPS) is 11.1. The van der Waals surface area contributed by atoms with E-state index in [1.165, 1.54) is 13.2 Å². The molecule has 0 aliphatic carbocycles. The van der Waals surface area contributed by atoms with Gasteiger partial charge in [-0.15, -0.1) is 0 Å². The predicted octanol–water partition coefficient (Wildman–Crippen LogP) is 5.12. The average Bonchev–Trinajstić information content (AvgIpc) is 2.66. The van der Waals surface area contributed by atoms with Gasteiger partial charge in [0.1, 0.15) is 18.2 Å². The van der Waals surface area contributed by atoms with Gasteiger partial charge in [0.15, 0.2) is 11.5 Å². The van der Waals surface area contributed by atoms with Crippen molar-refractivity contribution in [2.24, 2.45) is 0 Å². The van der Waals surface area contributed by atoms with E-state index in [0.29, 0.717) is 33.2 Å². The zero-order valence-corrected chi connectivity index (χ0v) is 18.1. The molecule has 0 aliphatic rings. The summed E-state index contributed by atoms with van der Waals surface area (Å²) < 4.78 is 11.9. The van der Waals surface area contributed by atoms with Crippen LogP contribution in [-0.2, 0) is 11.4 Å². The molecule has 0 aliphatic heterocycles. The molecule has 0 atom stereocenters. The van der Waals surface area contributed by atoms with E-state index < -0.39 is 5.91 Å². The Morgan fingerprint density at radius 2 is 1.96 bits per heavy atom. The Bertz CT molecular complexity index is 918. The van der Waals surface area contributed by atoms with Gasteiger partial charge in [-0.25, -0.2) is 0 Å². The standard InChI is InChI=1S/C21H20BrClN2O3/c1-13(2)25-21(26)16(11-24)8-15-9-19(27-3)20(10-18(15)22)28-12-14-4-6-17(23)7-5-14/h4-10,13H,12H2,1-3H3,(H,25,26)/b16-8-. The number of carbonyl (C=O) groups is 1. The highest BCUT2D eigenvalue weighted by molar-refractivity contribution is 9.10. The molecule has 5 nitrogen and oxygen atoms in total. The molecule has 0 saturated carbocycles. The molecule has 146 valence electrons. The Balaban J connectivity index is 2.26. The lowest BCUT2D eigenvalue weighted by atomic mass is 10.1. The SMILES string of the molecule is COc1cc(/C=C(/C#N)C(=O)NC(C)C)c(Br)cc1OCc1ccc(Cl)cc1. The summed E-state index contributed by atoms with van der Waals surface area (Å²) in [6.07, 6.45) is 1.51. The fourth-order valence-corrected chi connectivity index (χ4v) is 2.88. The topological polar surface area (TPSA) is 71.3 Å². The molecule has 28 heavy (non-hydrogen) atoms. The Kier molecular flexibility index (Phi) is 7.91. The third-order valence-corrected chi connectivity index (χ3v) is 4.61.